The monoisotopic (exact) mass is 236 g/mol. The predicted octanol–water partition coefficient (Wildman–Crippen LogP) is 1.47. The number of likely N-dealkylation sites (N-methyl/N-ethyl adjacent to an activating group) is 2. The van der Waals surface area contributed by atoms with E-state index >= 15 is 0 Å². The first-order valence-corrected chi connectivity index (χ1v) is 5.61. The highest BCUT2D eigenvalue weighted by Crippen LogP contribution is 2.21. The van der Waals surface area contributed by atoms with Crippen LogP contribution in [0.5, 0.6) is 5.75 Å². The number of hydrogen-bond donors (Lipinski definition) is 1. The molecule has 0 aliphatic rings. The van der Waals surface area contributed by atoms with Crippen molar-refractivity contribution in [1.82, 2.24) is 9.80 Å². The fraction of sp³-hybridized carbons (Fsp3) is 0.462. The van der Waals surface area contributed by atoms with Crippen LogP contribution in [0.15, 0.2) is 24.3 Å². The highest BCUT2D eigenvalue weighted by Gasteiger charge is 2.17. The number of carbonyl (C=O) groups excluding carboxylic acids is 1. The number of benzene rings is 1. The molecule has 0 bridgehead atoms. The highest BCUT2D eigenvalue weighted by atomic mass is 16.3. The van der Waals surface area contributed by atoms with Gasteiger partial charge in [0.05, 0.1) is 12.6 Å². The number of amides is 1. The van der Waals surface area contributed by atoms with E-state index < -0.39 is 0 Å². The molecule has 0 aliphatic heterocycles. The molecule has 0 aromatic heterocycles. The van der Waals surface area contributed by atoms with E-state index in [4.69, 9.17) is 0 Å². The summed E-state index contributed by atoms with van der Waals surface area (Å²) >= 11 is 0. The summed E-state index contributed by atoms with van der Waals surface area (Å²) in [6, 6.07) is 6.94. The minimum Gasteiger partial charge on any atom is -0.508 e. The van der Waals surface area contributed by atoms with Crippen LogP contribution >= 0.6 is 0 Å². The van der Waals surface area contributed by atoms with Crippen LogP contribution in [0.1, 0.15) is 18.5 Å². The number of aromatic hydroxyl groups is 1. The molecule has 1 unspecified atom stereocenters. The molecule has 1 aromatic rings. The summed E-state index contributed by atoms with van der Waals surface area (Å²) in [6.07, 6.45) is 0. The Morgan fingerprint density at radius 1 is 1.24 bits per heavy atom. The van der Waals surface area contributed by atoms with Gasteiger partial charge >= 0.3 is 0 Å². The van der Waals surface area contributed by atoms with Crippen molar-refractivity contribution in [2.45, 2.75) is 13.0 Å². The lowest BCUT2D eigenvalue weighted by molar-refractivity contribution is -0.132. The molecule has 0 fully saturated rings. The fourth-order valence-electron chi connectivity index (χ4n) is 1.57. The SMILES string of the molecule is CC(c1ccc(O)cc1)N(C)C(=O)CN(C)C. The number of rotatable bonds is 4. The normalized spacial score (nSPS) is 12.5. The molecule has 1 rings (SSSR count). The van der Waals surface area contributed by atoms with E-state index in [1.807, 2.05) is 38.1 Å². The Bertz CT molecular complexity index is 374. The Hall–Kier alpha value is -1.55. The Morgan fingerprint density at radius 2 is 1.76 bits per heavy atom. The van der Waals surface area contributed by atoms with Crippen molar-refractivity contribution in [2.24, 2.45) is 0 Å². The number of hydrogen-bond acceptors (Lipinski definition) is 3. The Balaban J connectivity index is 2.72. The van der Waals surface area contributed by atoms with Crippen LogP contribution < -0.4 is 0 Å². The molecular formula is C13H20N2O2. The van der Waals surface area contributed by atoms with Gasteiger partial charge in [-0.2, -0.15) is 0 Å². The summed E-state index contributed by atoms with van der Waals surface area (Å²) in [5, 5.41) is 9.22. The average molecular weight is 236 g/mol. The molecule has 17 heavy (non-hydrogen) atoms. The third-order valence-electron chi connectivity index (χ3n) is 2.80. The molecule has 0 aliphatic carbocycles. The lowest BCUT2D eigenvalue weighted by Gasteiger charge is -2.26. The zero-order valence-corrected chi connectivity index (χ0v) is 10.8. The molecule has 0 saturated heterocycles. The molecule has 1 aromatic carbocycles. The van der Waals surface area contributed by atoms with Crippen molar-refractivity contribution < 1.29 is 9.90 Å². The lowest BCUT2D eigenvalue weighted by atomic mass is 10.1. The standard InChI is InChI=1S/C13H20N2O2/c1-10(11-5-7-12(16)8-6-11)15(4)13(17)9-14(2)3/h5-8,10,16H,9H2,1-4H3. The van der Waals surface area contributed by atoms with Gasteiger partial charge in [-0.3, -0.25) is 4.79 Å². The van der Waals surface area contributed by atoms with Gasteiger partial charge in [0.1, 0.15) is 5.75 Å². The van der Waals surface area contributed by atoms with Crippen LogP contribution in [0.4, 0.5) is 0 Å². The predicted molar refractivity (Wildman–Crippen MR) is 67.8 cm³/mol. The van der Waals surface area contributed by atoms with E-state index in [1.54, 1.807) is 24.1 Å². The summed E-state index contributed by atoms with van der Waals surface area (Å²) in [5.74, 6) is 0.318. The van der Waals surface area contributed by atoms with E-state index in [0.717, 1.165) is 5.56 Å². The largest absolute Gasteiger partial charge is 0.508 e. The zero-order valence-electron chi connectivity index (χ0n) is 10.8. The first-order valence-electron chi connectivity index (χ1n) is 5.61. The molecule has 1 amide bonds. The van der Waals surface area contributed by atoms with Gasteiger partial charge in [-0.25, -0.2) is 0 Å². The van der Waals surface area contributed by atoms with Gasteiger partial charge in [-0.15, -0.1) is 0 Å². The minimum absolute atomic E-state index is 0.00282. The number of phenols is 1. The van der Waals surface area contributed by atoms with E-state index in [2.05, 4.69) is 0 Å². The number of phenolic OH excluding ortho intramolecular Hbond substituents is 1. The second-order valence-electron chi connectivity index (χ2n) is 4.51. The van der Waals surface area contributed by atoms with Crippen molar-refractivity contribution in [2.75, 3.05) is 27.7 Å². The smallest absolute Gasteiger partial charge is 0.236 e. The maximum atomic E-state index is 11.9. The first-order chi connectivity index (χ1) is 7.91. The molecule has 0 radical (unpaired) electrons. The van der Waals surface area contributed by atoms with Gasteiger partial charge in [-0.05, 0) is 38.7 Å². The summed E-state index contributed by atoms with van der Waals surface area (Å²) < 4.78 is 0. The second kappa shape index (κ2) is 5.68. The van der Waals surface area contributed by atoms with Crippen molar-refractivity contribution in [3.63, 3.8) is 0 Å². The van der Waals surface area contributed by atoms with Gasteiger partial charge in [-0.1, -0.05) is 12.1 Å². The maximum Gasteiger partial charge on any atom is 0.236 e. The van der Waals surface area contributed by atoms with E-state index in [-0.39, 0.29) is 17.7 Å². The van der Waals surface area contributed by atoms with Crippen LogP contribution in [0.25, 0.3) is 0 Å². The summed E-state index contributed by atoms with van der Waals surface area (Å²) in [6.45, 7) is 2.37. The molecule has 94 valence electrons. The molecular weight excluding hydrogens is 216 g/mol. The quantitative estimate of drug-likeness (QED) is 0.861. The Labute approximate surface area is 102 Å². The topological polar surface area (TPSA) is 43.8 Å². The molecule has 0 saturated carbocycles. The molecule has 1 atom stereocenters. The Morgan fingerprint density at radius 3 is 2.24 bits per heavy atom. The molecule has 4 nitrogen and oxygen atoms in total. The third-order valence-corrected chi connectivity index (χ3v) is 2.80. The van der Waals surface area contributed by atoms with Crippen LogP contribution in [-0.4, -0.2) is 48.5 Å². The average Bonchev–Trinajstić information content (AvgIpc) is 2.27. The van der Waals surface area contributed by atoms with Crippen molar-refractivity contribution >= 4 is 5.91 Å². The molecule has 1 N–H and O–H groups in total. The summed E-state index contributed by atoms with van der Waals surface area (Å²) in [7, 11) is 5.54. The van der Waals surface area contributed by atoms with Gasteiger partial charge in [0.2, 0.25) is 5.91 Å². The summed E-state index contributed by atoms with van der Waals surface area (Å²) in [4.78, 5) is 15.4. The van der Waals surface area contributed by atoms with Crippen molar-refractivity contribution in [1.29, 1.82) is 0 Å². The van der Waals surface area contributed by atoms with Crippen LogP contribution in [0.2, 0.25) is 0 Å². The van der Waals surface area contributed by atoms with Crippen LogP contribution in [0.3, 0.4) is 0 Å². The number of carbonyl (C=O) groups is 1. The molecule has 4 heteroatoms. The third kappa shape index (κ3) is 3.75. The van der Waals surface area contributed by atoms with Gasteiger partial charge in [0.15, 0.2) is 0 Å². The number of nitrogens with zero attached hydrogens (tertiary/aromatic N) is 2. The Kier molecular flexibility index (Phi) is 4.52. The van der Waals surface area contributed by atoms with E-state index in [1.165, 1.54) is 0 Å². The van der Waals surface area contributed by atoms with Gasteiger partial charge < -0.3 is 14.9 Å². The van der Waals surface area contributed by atoms with Crippen molar-refractivity contribution in [3.8, 4) is 5.75 Å². The van der Waals surface area contributed by atoms with Gasteiger partial charge in [0, 0.05) is 7.05 Å². The molecule has 0 spiro atoms. The fourth-order valence-corrected chi connectivity index (χ4v) is 1.57. The van der Waals surface area contributed by atoms with E-state index in [0.29, 0.717) is 6.54 Å². The zero-order chi connectivity index (χ0) is 13.0. The first kappa shape index (κ1) is 13.5. The lowest BCUT2D eigenvalue weighted by Crippen LogP contribution is -2.36. The van der Waals surface area contributed by atoms with Crippen LogP contribution in [-0.2, 0) is 4.79 Å². The van der Waals surface area contributed by atoms with E-state index in [9.17, 15) is 9.90 Å². The second-order valence-corrected chi connectivity index (χ2v) is 4.51. The summed E-state index contributed by atoms with van der Waals surface area (Å²) in [5.41, 5.74) is 1.01. The highest BCUT2D eigenvalue weighted by molar-refractivity contribution is 5.78. The van der Waals surface area contributed by atoms with Gasteiger partial charge in [0.25, 0.3) is 0 Å². The maximum absolute atomic E-state index is 11.9. The molecule has 0 heterocycles. The van der Waals surface area contributed by atoms with Crippen LogP contribution in [0, 0.1) is 0 Å². The minimum atomic E-state index is 0.00282. The van der Waals surface area contributed by atoms with Crippen molar-refractivity contribution in [3.05, 3.63) is 29.8 Å².